The van der Waals surface area contributed by atoms with E-state index in [0.717, 1.165) is 12.8 Å². The number of anilines is 1. The van der Waals surface area contributed by atoms with Crippen LogP contribution in [-0.2, 0) is 10.0 Å². The molecule has 1 aliphatic rings. The van der Waals surface area contributed by atoms with Gasteiger partial charge in [0.05, 0.1) is 4.92 Å². The normalized spacial score (nSPS) is 16.9. The molecule has 9 heteroatoms. The van der Waals surface area contributed by atoms with Gasteiger partial charge in [0.1, 0.15) is 5.69 Å². The minimum absolute atomic E-state index is 0.0474. The van der Waals surface area contributed by atoms with E-state index in [1.807, 2.05) is 0 Å². The lowest BCUT2D eigenvalue weighted by atomic mass is 10.3. The molecule has 104 valence electrons. The summed E-state index contributed by atoms with van der Waals surface area (Å²) in [5, 5.41) is 11.0. The van der Waals surface area contributed by atoms with Crippen molar-refractivity contribution in [1.29, 1.82) is 0 Å². The molecule has 0 saturated heterocycles. The van der Waals surface area contributed by atoms with Crippen LogP contribution in [0, 0.1) is 10.1 Å². The van der Waals surface area contributed by atoms with Gasteiger partial charge in [-0.1, -0.05) is 6.07 Å². The van der Waals surface area contributed by atoms with Crippen molar-refractivity contribution in [1.82, 2.24) is 4.72 Å². The third-order valence-corrected chi connectivity index (χ3v) is 4.68. The molecule has 8 nitrogen and oxygen atoms in total. The molecule has 0 bridgehead atoms. The van der Waals surface area contributed by atoms with Crippen LogP contribution in [0.5, 0.6) is 0 Å². The first-order chi connectivity index (χ1) is 8.79. The van der Waals surface area contributed by atoms with Crippen LogP contribution in [0.4, 0.5) is 11.4 Å². The highest BCUT2D eigenvalue weighted by Gasteiger charge is 2.43. The maximum Gasteiger partial charge on any atom is 0.313 e. The van der Waals surface area contributed by atoms with Crippen molar-refractivity contribution in [2.75, 3.05) is 5.43 Å². The van der Waals surface area contributed by atoms with Gasteiger partial charge in [-0.3, -0.25) is 16.0 Å². The first-order valence-corrected chi connectivity index (χ1v) is 7.05. The zero-order valence-electron chi connectivity index (χ0n) is 10.2. The second-order valence-corrected chi connectivity index (χ2v) is 6.37. The molecule has 0 spiro atoms. The Morgan fingerprint density at radius 2 is 2.05 bits per heavy atom. The van der Waals surface area contributed by atoms with Crippen LogP contribution in [0.25, 0.3) is 0 Å². The summed E-state index contributed by atoms with van der Waals surface area (Å²) in [5.41, 5.74) is 1.03. The molecular formula is C10H14N4O4S. The number of nitrogens with two attached hydrogens (primary N) is 1. The zero-order chi connectivity index (χ0) is 14.3. The highest BCUT2D eigenvalue weighted by atomic mass is 32.2. The van der Waals surface area contributed by atoms with E-state index in [-0.39, 0.29) is 10.6 Å². The van der Waals surface area contributed by atoms with Crippen LogP contribution in [-0.4, -0.2) is 18.9 Å². The Morgan fingerprint density at radius 1 is 1.42 bits per heavy atom. The highest BCUT2D eigenvalue weighted by molar-refractivity contribution is 7.89. The highest BCUT2D eigenvalue weighted by Crippen LogP contribution is 2.38. The molecule has 1 aromatic rings. The van der Waals surface area contributed by atoms with Crippen LogP contribution in [0.1, 0.15) is 19.8 Å². The number of para-hydroxylation sites is 1. The molecule has 2 rings (SSSR count). The van der Waals surface area contributed by atoms with E-state index in [1.165, 1.54) is 18.2 Å². The summed E-state index contributed by atoms with van der Waals surface area (Å²) in [6.45, 7) is 1.75. The predicted molar refractivity (Wildman–Crippen MR) is 68.9 cm³/mol. The van der Waals surface area contributed by atoms with Crippen LogP contribution in [0.15, 0.2) is 23.1 Å². The van der Waals surface area contributed by atoms with Crippen molar-refractivity contribution in [2.45, 2.75) is 30.2 Å². The number of hydrogen-bond acceptors (Lipinski definition) is 6. The van der Waals surface area contributed by atoms with Gasteiger partial charge in [-0.25, -0.2) is 13.1 Å². The number of nitro groups is 1. The fraction of sp³-hybridized carbons (Fsp3) is 0.400. The summed E-state index contributed by atoms with van der Waals surface area (Å²) in [6.07, 6.45) is 1.43. The molecule has 1 aromatic carbocycles. The lowest BCUT2D eigenvalue weighted by molar-refractivity contribution is -0.386. The van der Waals surface area contributed by atoms with Gasteiger partial charge in [-0.15, -0.1) is 0 Å². The van der Waals surface area contributed by atoms with Gasteiger partial charge in [-0.2, -0.15) is 0 Å². The average molecular weight is 286 g/mol. The zero-order valence-corrected chi connectivity index (χ0v) is 11.0. The van der Waals surface area contributed by atoms with Crippen LogP contribution in [0.2, 0.25) is 0 Å². The van der Waals surface area contributed by atoms with E-state index < -0.39 is 26.2 Å². The number of nitrogen functional groups attached to an aromatic ring is 1. The lowest BCUT2D eigenvalue weighted by Gasteiger charge is -2.13. The summed E-state index contributed by atoms with van der Waals surface area (Å²) in [7, 11) is -3.95. The molecule has 4 N–H and O–H groups in total. The number of sulfonamides is 1. The molecule has 19 heavy (non-hydrogen) atoms. The number of hydrazine groups is 1. The van der Waals surface area contributed by atoms with Crippen LogP contribution >= 0.6 is 0 Å². The third-order valence-electron chi connectivity index (χ3n) is 3.01. The Hall–Kier alpha value is -1.71. The summed E-state index contributed by atoms with van der Waals surface area (Å²) >= 11 is 0. The molecule has 0 aromatic heterocycles. The number of nitro benzene ring substituents is 1. The molecule has 0 atom stereocenters. The summed E-state index contributed by atoms with van der Waals surface area (Å²) in [4.78, 5) is 9.89. The van der Waals surface area contributed by atoms with Gasteiger partial charge in [0.15, 0.2) is 4.90 Å². The van der Waals surface area contributed by atoms with Gasteiger partial charge >= 0.3 is 5.69 Å². The number of benzene rings is 1. The van der Waals surface area contributed by atoms with E-state index in [2.05, 4.69) is 10.1 Å². The van der Waals surface area contributed by atoms with E-state index in [1.54, 1.807) is 6.92 Å². The smallest absolute Gasteiger partial charge is 0.313 e. The van der Waals surface area contributed by atoms with E-state index >= 15 is 0 Å². The van der Waals surface area contributed by atoms with Gasteiger partial charge < -0.3 is 5.43 Å². The maximum atomic E-state index is 12.2. The Bertz CT molecular complexity index is 624. The first kappa shape index (κ1) is 13.7. The average Bonchev–Trinajstić information content (AvgIpc) is 3.04. The Morgan fingerprint density at radius 3 is 2.53 bits per heavy atom. The topological polar surface area (TPSA) is 127 Å². The molecular weight excluding hydrogens is 272 g/mol. The molecule has 0 amide bonds. The first-order valence-electron chi connectivity index (χ1n) is 5.57. The standard InChI is InChI=1S/C10H14N4O4S/c1-10(5-6-10)13-19(17,18)8-4-2-3-7(12-11)9(8)14(15)16/h2-4,12-13H,5-6,11H2,1H3. The quantitative estimate of drug-likeness (QED) is 0.415. The fourth-order valence-electron chi connectivity index (χ4n) is 1.71. The molecule has 1 saturated carbocycles. The molecule has 0 unspecified atom stereocenters. The Labute approximate surface area is 110 Å². The van der Waals surface area contributed by atoms with Gasteiger partial charge in [-0.05, 0) is 31.9 Å². The van der Waals surface area contributed by atoms with E-state index in [9.17, 15) is 18.5 Å². The summed E-state index contributed by atoms with van der Waals surface area (Å²) in [6, 6.07) is 3.93. The minimum atomic E-state index is -3.95. The van der Waals surface area contributed by atoms with Gasteiger partial charge in [0, 0.05) is 5.54 Å². The van der Waals surface area contributed by atoms with Crippen molar-refractivity contribution < 1.29 is 13.3 Å². The lowest BCUT2D eigenvalue weighted by Crippen LogP contribution is -2.34. The third kappa shape index (κ3) is 2.67. The predicted octanol–water partition coefficient (Wildman–Crippen LogP) is 0.711. The molecule has 1 fully saturated rings. The maximum absolute atomic E-state index is 12.2. The fourth-order valence-corrected chi connectivity index (χ4v) is 3.37. The van der Waals surface area contributed by atoms with Gasteiger partial charge in [0.25, 0.3) is 0 Å². The second-order valence-electron chi connectivity index (χ2n) is 4.72. The van der Waals surface area contributed by atoms with E-state index in [4.69, 9.17) is 5.84 Å². The SMILES string of the molecule is CC1(NS(=O)(=O)c2cccc(NN)c2[N+](=O)[O-])CC1. The minimum Gasteiger partial charge on any atom is -0.318 e. The van der Waals surface area contributed by atoms with Crippen molar-refractivity contribution in [2.24, 2.45) is 5.84 Å². The van der Waals surface area contributed by atoms with Gasteiger partial charge in [0.2, 0.25) is 10.0 Å². The van der Waals surface area contributed by atoms with Crippen LogP contribution < -0.4 is 16.0 Å². The van der Waals surface area contributed by atoms with Crippen molar-refractivity contribution in [3.8, 4) is 0 Å². The molecule has 0 radical (unpaired) electrons. The molecule has 0 heterocycles. The van der Waals surface area contributed by atoms with Crippen molar-refractivity contribution >= 4 is 21.4 Å². The number of nitrogens with zero attached hydrogens (tertiary/aromatic N) is 1. The molecule has 1 aliphatic carbocycles. The Kier molecular flexibility index (Phi) is 3.20. The number of hydrogen-bond donors (Lipinski definition) is 3. The summed E-state index contributed by atoms with van der Waals surface area (Å²) in [5.74, 6) is 5.17. The largest absolute Gasteiger partial charge is 0.318 e. The number of nitrogens with one attached hydrogen (secondary N) is 2. The van der Waals surface area contributed by atoms with Crippen LogP contribution in [0.3, 0.4) is 0 Å². The second kappa shape index (κ2) is 4.44. The number of rotatable bonds is 5. The van der Waals surface area contributed by atoms with Crippen molar-refractivity contribution in [3.63, 3.8) is 0 Å². The van der Waals surface area contributed by atoms with E-state index in [0.29, 0.717) is 0 Å². The van der Waals surface area contributed by atoms with Crippen molar-refractivity contribution in [3.05, 3.63) is 28.3 Å². The summed E-state index contributed by atoms with van der Waals surface area (Å²) < 4.78 is 26.9. The Balaban J connectivity index is 2.52. The molecule has 0 aliphatic heterocycles. The monoisotopic (exact) mass is 286 g/mol.